The van der Waals surface area contributed by atoms with E-state index in [1.165, 1.54) is 0 Å². The number of nitrogens with zero attached hydrogens (tertiary/aromatic N) is 1. The van der Waals surface area contributed by atoms with Crippen molar-refractivity contribution < 1.29 is 0 Å². The Bertz CT molecular complexity index is 371. The Morgan fingerprint density at radius 1 is 1.50 bits per heavy atom. The summed E-state index contributed by atoms with van der Waals surface area (Å²) in [7, 11) is 0. The van der Waals surface area contributed by atoms with Gasteiger partial charge < -0.3 is 4.98 Å². The maximum absolute atomic E-state index is 5.18. The van der Waals surface area contributed by atoms with Crippen LogP contribution in [-0.4, -0.2) is 9.97 Å². The molecule has 78 valence electrons. The van der Waals surface area contributed by atoms with Gasteiger partial charge >= 0.3 is 0 Å². The molecule has 14 heavy (non-hydrogen) atoms. The van der Waals surface area contributed by atoms with Crippen molar-refractivity contribution in [3.8, 4) is 0 Å². The molecule has 1 N–H and O–H groups in total. The van der Waals surface area contributed by atoms with E-state index in [1.807, 2.05) is 0 Å². The monoisotopic (exact) mass is 274 g/mol. The van der Waals surface area contributed by atoms with Gasteiger partial charge in [-0.3, -0.25) is 0 Å². The number of nitrogens with one attached hydrogen (secondary N) is 1. The molecule has 0 saturated heterocycles. The van der Waals surface area contributed by atoms with Crippen molar-refractivity contribution in [1.82, 2.24) is 9.97 Å². The predicted octanol–water partition coefficient (Wildman–Crippen LogP) is 3.98. The lowest BCUT2D eigenvalue weighted by atomic mass is 10.2. The molecule has 1 heterocycles. The van der Waals surface area contributed by atoms with Crippen LogP contribution in [0.3, 0.4) is 0 Å². The van der Waals surface area contributed by atoms with Crippen LogP contribution in [0.4, 0.5) is 0 Å². The fraction of sp³-hybridized carbons (Fsp3) is 0.600. The van der Waals surface area contributed by atoms with Crippen molar-refractivity contribution in [2.45, 2.75) is 39.5 Å². The largest absolute Gasteiger partial charge is 0.346 e. The molecule has 0 radical (unpaired) electrons. The molecular formula is C10H15BrN2S. The first-order valence-electron chi connectivity index (χ1n) is 4.84. The van der Waals surface area contributed by atoms with Gasteiger partial charge in [-0.1, -0.05) is 39.4 Å². The van der Waals surface area contributed by atoms with Crippen LogP contribution >= 0.6 is 28.1 Å². The Morgan fingerprint density at radius 3 is 2.64 bits per heavy atom. The van der Waals surface area contributed by atoms with Crippen LogP contribution in [0.15, 0.2) is 4.47 Å². The van der Waals surface area contributed by atoms with Crippen LogP contribution in [0.2, 0.25) is 0 Å². The minimum atomic E-state index is 0.389. The maximum Gasteiger partial charge on any atom is 0.144 e. The van der Waals surface area contributed by atoms with Gasteiger partial charge in [0.1, 0.15) is 10.5 Å². The van der Waals surface area contributed by atoms with E-state index >= 15 is 0 Å². The van der Waals surface area contributed by atoms with E-state index in [2.05, 4.69) is 46.7 Å². The van der Waals surface area contributed by atoms with Crippen LogP contribution in [0, 0.1) is 4.64 Å². The summed E-state index contributed by atoms with van der Waals surface area (Å²) in [6, 6.07) is 0. The molecule has 0 unspecified atom stereocenters. The summed E-state index contributed by atoms with van der Waals surface area (Å²) in [6.07, 6.45) is 2.11. The lowest BCUT2D eigenvalue weighted by Gasteiger charge is -2.09. The summed E-state index contributed by atoms with van der Waals surface area (Å²) in [5.74, 6) is 1.36. The van der Waals surface area contributed by atoms with Crippen molar-refractivity contribution in [1.29, 1.82) is 0 Å². The van der Waals surface area contributed by atoms with Crippen LogP contribution in [-0.2, 0) is 6.42 Å². The van der Waals surface area contributed by atoms with E-state index in [4.69, 9.17) is 12.2 Å². The zero-order valence-corrected chi connectivity index (χ0v) is 11.1. The maximum atomic E-state index is 5.18. The highest BCUT2D eigenvalue weighted by Gasteiger charge is 2.07. The molecule has 1 rings (SSSR count). The molecule has 0 aliphatic rings. The molecule has 0 aliphatic heterocycles. The Balaban J connectivity index is 3.21. The van der Waals surface area contributed by atoms with Crippen LogP contribution in [0.5, 0.6) is 0 Å². The van der Waals surface area contributed by atoms with E-state index in [-0.39, 0.29) is 0 Å². The summed E-state index contributed by atoms with van der Waals surface area (Å²) in [4.78, 5) is 7.66. The second-order valence-corrected chi connectivity index (χ2v) is 4.80. The number of rotatable bonds is 3. The van der Waals surface area contributed by atoms with Gasteiger partial charge in [-0.05, 0) is 22.4 Å². The lowest BCUT2D eigenvalue weighted by Crippen LogP contribution is -2.03. The summed E-state index contributed by atoms with van der Waals surface area (Å²) in [6.45, 7) is 6.37. The highest BCUT2D eigenvalue weighted by atomic mass is 79.9. The second-order valence-electron chi connectivity index (χ2n) is 3.62. The topological polar surface area (TPSA) is 28.7 Å². The third kappa shape index (κ3) is 2.64. The third-order valence-electron chi connectivity index (χ3n) is 2.00. The molecule has 0 bridgehead atoms. The SMILES string of the molecule is CCCc1[nH]c(C(C)C)nc(=S)c1Br. The van der Waals surface area contributed by atoms with Crippen molar-refractivity contribution >= 4 is 28.1 Å². The number of aromatic amines is 1. The van der Waals surface area contributed by atoms with Crippen molar-refractivity contribution in [3.63, 3.8) is 0 Å². The molecule has 0 amide bonds. The summed E-state index contributed by atoms with van der Waals surface area (Å²) in [5.41, 5.74) is 1.16. The summed E-state index contributed by atoms with van der Waals surface area (Å²) >= 11 is 8.65. The van der Waals surface area contributed by atoms with Gasteiger partial charge in [0.25, 0.3) is 0 Å². The van der Waals surface area contributed by atoms with Crippen LogP contribution in [0.25, 0.3) is 0 Å². The molecule has 0 saturated carbocycles. The number of aromatic nitrogens is 2. The van der Waals surface area contributed by atoms with Gasteiger partial charge in [0.15, 0.2) is 0 Å². The number of hydrogen-bond donors (Lipinski definition) is 1. The highest BCUT2D eigenvalue weighted by molar-refractivity contribution is 9.10. The van der Waals surface area contributed by atoms with Crippen molar-refractivity contribution in [2.24, 2.45) is 0 Å². The van der Waals surface area contributed by atoms with Gasteiger partial charge in [-0.2, -0.15) is 0 Å². The standard InChI is InChI=1S/C10H15BrN2S/c1-4-5-7-8(11)10(14)13-9(12-7)6(2)3/h6H,4-5H2,1-3H3,(H,12,13,14). The fourth-order valence-electron chi connectivity index (χ4n) is 1.22. The zero-order valence-electron chi connectivity index (χ0n) is 8.72. The molecular weight excluding hydrogens is 260 g/mol. The van der Waals surface area contributed by atoms with E-state index in [0.29, 0.717) is 10.6 Å². The average Bonchev–Trinajstić information content (AvgIpc) is 2.12. The Morgan fingerprint density at radius 2 is 2.14 bits per heavy atom. The molecule has 4 heteroatoms. The molecule has 0 aromatic carbocycles. The van der Waals surface area contributed by atoms with E-state index in [0.717, 1.165) is 28.8 Å². The van der Waals surface area contributed by atoms with Crippen molar-refractivity contribution in [2.75, 3.05) is 0 Å². The van der Waals surface area contributed by atoms with E-state index in [1.54, 1.807) is 0 Å². The van der Waals surface area contributed by atoms with Crippen LogP contribution < -0.4 is 0 Å². The Labute approximate surface area is 98.3 Å². The summed E-state index contributed by atoms with van der Waals surface area (Å²) in [5, 5.41) is 0. The fourth-order valence-corrected chi connectivity index (χ4v) is 1.83. The minimum Gasteiger partial charge on any atom is -0.346 e. The second kappa shape index (κ2) is 5.03. The van der Waals surface area contributed by atoms with E-state index in [9.17, 15) is 0 Å². The van der Waals surface area contributed by atoms with Gasteiger partial charge in [0.2, 0.25) is 0 Å². The average molecular weight is 275 g/mol. The van der Waals surface area contributed by atoms with Gasteiger partial charge in [-0.25, -0.2) is 4.98 Å². The first-order chi connectivity index (χ1) is 6.56. The first kappa shape index (κ1) is 11.9. The molecule has 0 atom stereocenters. The molecule has 1 aromatic rings. The van der Waals surface area contributed by atoms with Gasteiger partial charge in [0, 0.05) is 11.6 Å². The van der Waals surface area contributed by atoms with Crippen molar-refractivity contribution in [3.05, 3.63) is 20.6 Å². The van der Waals surface area contributed by atoms with Gasteiger partial charge in [-0.15, -0.1) is 0 Å². The van der Waals surface area contributed by atoms with Gasteiger partial charge in [0.05, 0.1) is 4.47 Å². The normalized spacial score (nSPS) is 10.9. The number of H-pyrrole nitrogens is 1. The quantitative estimate of drug-likeness (QED) is 0.845. The molecule has 0 spiro atoms. The zero-order chi connectivity index (χ0) is 10.7. The molecule has 0 aliphatic carbocycles. The number of halogens is 1. The molecule has 0 fully saturated rings. The third-order valence-corrected chi connectivity index (χ3v) is 3.41. The Hall–Kier alpha value is -0.220. The lowest BCUT2D eigenvalue weighted by molar-refractivity contribution is 0.741. The van der Waals surface area contributed by atoms with Crippen LogP contribution in [0.1, 0.15) is 44.6 Å². The Kier molecular flexibility index (Phi) is 4.26. The smallest absolute Gasteiger partial charge is 0.144 e. The molecule has 2 nitrogen and oxygen atoms in total. The minimum absolute atomic E-state index is 0.389. The number of hydrogen-bond acceptors (Lipinski definition) is 2. The highest BCUT2D eigenvalue weighted by Crippen LogP contribution is 2.19. The molecule has 1 aromatic heterocycles. The first-order valence-corrected chi connectivity index (χ1v) is 6.05. The number of aryl methyl sites for hydroxylation is 1. The summed E-state index contributed by atoms with van der Waals surface area (Å²) < 4.78 is 1.61. The van der Waals surface area contributed by atoms with E-state index < -0.39 is 0 Å². The predicted molar refractivity (Wildman–Crippen MR) is 65.2 cm³/mol.